The lowest BCUT2D eigenvalue weighted by molar-refractivity contribution is 0.158. The first-order valence-corrected chi connectivity index (χ1v) is 8.13. The molecule has 0 bridgehead atoms. The van der Waals surface area contributed by atoms with Crippen molar-refractivity contribution in [2.24, 2.45) is 0 Å². The van der Waals surface area contributed by atoms with E-state index < -0.39 is 16.1 Å². The van der Waals surface area contributed by atoms with Gasteiger partial charge in [0.15, 0.2) is 0 Å². The minimum atomic E-state index is -3.67. The van der Waals surface area contributed by atoms with Crippen molar-refractivity contribution in [2.45, 2.75) is 17.4 Å². The molecule has 0 aliphatic carbocycles. The van der Waals surface area contributed by atoms with Crippen molar-refractivity contribution in [1.82, 2.24) is 4.72 Å². The number of methoxy groups -OCH3 is 1. The quantitative estimate of drug-likeness (QED) is 0.765. The molecular formula is C11H15BrClNO4S. The van der Waals surface area contributed by atoms with Crippen molar-refractivity contribution < 1.29 is 18.3 Å². The molecule has 0 heterocycles. The van der Waals surface area contributed by atoms with Crippen LogP contribution >= 0.6 is 27.5 Å². The third kappa shape index (κ3) is 5.02. The van der Waals surface area contributed by atoms with Gasteiger partial charge in [-0.25, -0.2) is 13.1 Å². The van der Waals surface area contributed by atoms with Crippen molar-refractivity contribution in [1.29, 1.82) is 0 Å². The lowest BCUT2D eigenvalue weighted by atomic mass is 10.2. The van der Waals surface area contributed by atoms with Gasteiger partial charge in [-0.2, -0.15) is 0 Å². The number of benzene rings is 1. The van der Waals surface area contributed by atoms with Crippen LogP contribution in [0.5, 0.6) is 0 Å². The van der Waals surface area contributed by atoms with Crippen LogP contribution in [0.1, 0.15) is 6.42 Å². The Morgan fingerprint density at radius 3 is 2.74 bits per heavy atom. The van der Waals surface area contributed by atoms with Gasteiger partial charge in [0, 0.05) is 24.2 Å². The second-order valence-corrected chi connectivity index (χ2v) is 6.84. The van der Waals surface area contributed by atoms with Crippen molar-refractivity contribution in [3.63, 3.8) is 0 Å². The third-order valence-electron chi connectivity index (χ3n) is 2.37. The second-order valence-electron chi connectivity index (χ2n) is 3.86. The molecule has 108 valence electrons. The summed E-state index contributed by atoms with van der Waals surface area (Å²) in [6, 6.07) is 3.86. The van der Waals surface area contributed by atoms with Crippen LogP contribution in [0.2, 0.25) is 5.02 Å². The van der Waals surface area contributed by atoms with E-state index in [2.05, 4.69) is 20.7 Å². The van der Waals surface area contributed by atoms with Crippen molar-refractivity contribution >= 4 is 37.6 Å². The topological polar surface area (TPSA) is 75.6 Å². The highest BCUT2D eigenvalue weighted by Gasteiger charge is 2.20. The minimum Gasteiger partial charge on any atom is -0.396 e. The van der Waals surface area contributed by atoms with Gasteiger partial charge in [-0.05, 0) is 40.5 Å². The van der Waals surface area contributed by atoms with E-state index in [1.165, 1.54) is 25.3 Å². The molecule has 0 saturated heterocycles. The predicted octanol–water partition coefficient (Wildman–Crippen LogP) is 1.78. The van der Waals surface area contributed by atoms with Crippen LogP contribution in [0.25, 0.3) is 0 Å². The molecule has 1 rings (SSSR count). The molecule has 0 saturated carbocycles. The van der Waals surface area contributed by atoms with Crippen molar-refractivity contribution in [2.75, 3.05) is 20.3 Å². The third-order valence-corrected chi connectivity index (χ3v) is 5.10. The Hall–Kier alpha value is -0.180. The Balaban J connectivity index is 2.92. The number of sulfonamides is 1. The van der Waals surface area contributed by atoms with Crippen LogP contribution in [-0.4, -0.2) is 39.9 Å². The highest BCUT2D eigenvalue weighted by atomic mass is 79.9. The molecular weight excluding hydrogens is 358 g/mol. The summed E-state index contributed by atoms with van der Waals surface area (Å²) >= 11 is 9.00. The largest absolute Gasteiger partial charge is 0.396 e. The molecule has 1 aromatic carbocycles. The Kier molecular flexibility index (Phi) is 6.72. The Morgan fingerprint density at radius 1 is 1.53 bits per heavy atom. The smallest absolute Gasteiger partial charge is 0.240 e. The fourth-order valence-corrected chi connectivity index (χ4v) is 3.39. The maximum atomic E-state index is 12.1. The van der Waals surface area contributed by atoms with Crippen LogP contribution in [0.4, 0.5) is 0 Å². The summed E-state index contributed by atoms with van der Waals surface area (Å²) < 4.78 is 32.2. The summed E-state index contributed by atoms with van der Waals surface area (Å²) in [5, 5.41) is 9.33. The molecule has 2 N–H and O–H groups in total. The molecule has 1 aromatic rings. The van der Waals surface area contributed by atoms with Gasteiger partial charge >= 0.3 is 0 Å². The van der Waals surface area contributed by atoms with Gasteiger partial charge in [-0.1, -0.05) is 11.6 Å². The number of aliphatic hydroxyl groups excluding tert-OH is 1. The molecule has 0 fully saturated rings. The second kappa shape index (κ2) is 7.56. The van der Waals surface area contributed by atoms with Crippen LogP contribution in [0, 0.1) is 0 Å². The fraction of sp³-hybridized carbons (Fsp3) is 0.455. The summed E-state index contributed by atoms with van der Waals surface area (Å²) in [6.45, 7) is 0.0649. The molecule has 0 aromatic heterocycles. The maximum absolute atomic E-state index is 12.1. The molecule has 1 unspecified atom stereocenters. The Bertz CT molecular complexity index is 517. The van der Waals surface area contributed by atoms with E-state index >= 15 is 0 Å². The van der Waals surface area contributed by atoms with E-state index in [0.29, 0.717) is 9.50 Å². The summed E-state index contributed by atoms with van der Waals surface area (Å²) in [7, 11) is -2.20. The van der Waals surface area contributed by atoms with Crippen LogP contribution in [0.15, 0.2) is 27.6 Å². The van der Waals surface area contributed by atoms with Gasteiger partial charge in [-0.15, -0.1) is 0 Å². The van der Waals surface area contributed by atoms with E-state index in [4.69, 9.17) is 21.4 Å². The molecule has 8 heteroatoms. The lowest BCUT2D eigenvalue weighted by Gasteiger charge is -2.17. The molecule has 1 atom stereocenters. The van der Waals surface area contributed by atoms with Crippen LogP contribution < -0.4 is 4.72 Å². The number of rotatable bonds is 7. The van der Waals surface area contributed by atoms with E-state index in [1.807, 2.05) is 0 Å². The SMILES string of the molecule is COCC(CCO)NS(=O)(=O)c1ccc(Cl)c(Br)c1. The van der Waals surface area contributed by atoms with Crippen molar-refractivity contribution in [3.05, 3.63) is 27.7 Å². The van der Waals surface area contributed by atoms with Gasteiger partial charge in [0.05, 0.1) is 16.5 Å². The zero-order valence-corrected chi connectivity index (χ0v) is 13.4. The molecule has 19 heavy (non-hydrogen) atoms. The van der Waals surface area contributed by atoms with E-state index in [1.54, 1.807) is 0 Å². The van der Waals surface area contributed by atoms with Gasteiger partial charge in [0.25, 0.3) is 0 Å². The maximum Gasteiger partial charge on any atom is 0.240 e. The molecule has 0 radical (unpaired) electrons. The number of aliphatic hydroxyl groups is 1. The first kappa shape index (κ1) is 16.9. The first-order chi connectivity index (χ1) is 8.90. The number of halogens is 2. The number of hydrogen-bond acceptors (Lipinski definition) is 4. The van der Waals surface area contributed by atoms with Gasteiger partial charge in [0.1, 0.15) is 0 Å². The number of nitrogens with one attached hydrogen (secondary N) is 1. The minimum absolute atomic E-state index is 0.0998. The van der Waals surface area contributed by atoms with E-state index in [9.17, 15) is 8.42 Å². The summed E-state index contributed by atoms with van der Waals surface area (Å²) in [6.07, 6.45) is 0.280. The predicted molar refractivity (Wildman–Crippen MR) is 76.8 cm³/mol. The highest BCUT2D eigenvalue weighted by Crippen LogP contribution is 2.25. The highest BCUT2D eigenvalue weighted by molar-refractivity contribution is 9.10. The molecule has 0 aliphatic rings. The zero-order valence-electron chi connectivity index (χ0n) is 10.3. The monoisotopic (exact) mass is 371 g/mol. The van der Waals surface area contributed by atoms with Crippen molar-refractivity contribution in [3.8, 4) is 0 Å². The average Bonchev–Trinajstić information content (AvgIpc) is 2.32. The molecule has 0 spiro atoms. The summed E-state index contributed by atoms with van der Waals surface area (Å²) in [5.74, 6) is 0. The normalized spacial score (nSPS) is 13.5. The molecule has 0 aliphatic heterocycles. The standard InChI is InChI=1S/C11H15BrClNO4S/c1-18-7-8(4-5-15)14-19(16,17)9-2-3-11(13)10(12)6-9/h2-3,6,8,14-15H,4-5,7H2,1H3. The van der Waals surface area contributed by atoms with Gasteiger partial charge < -0.3 is 9.84 Å². The van der Waals surface area contributed by atoms with Gasteiger partial charge in [-0.3, -0.25) is 0 Å². The fourth-order valence-electron chi connectivity index (χ4n) is 1.46. The zero-order chi connectivity index (χ0) is 14.5. The average molecular weight is 373 g/mol. The molecule has 0 amide bonds. The van der Waals surface area contributed by atoms with Crippen LogP contribution in [0.3, 0.4) is 0 Å². The Labute approximate surface area is 126 Å². The number of hydrogen-bond donors (Lipinski definition) is 2. The summed E-state index contributed by atoms with van der Waals surface area (Å²) in [5.41, 5.74) is 0. The lowest BCUT2D eigenvalue weighted by Crippen LogP contribution is -2.38. The first-order valence-electron chi connectivity index (χ1n) is 5.48. The van der Waals surface area contributed by atoms with E-state index in [-0.39, 0.29) is 24.5 Å². The molecule has 5 nitrogen and oxygen atoms in total. The van der Waals surface area contributed by atoms with E-state index in [0.717, 1.165) is 0 Å². The van der Waals surface area contributed by atoms with Crippen LogP contribution in [-0.2, 0) is 14.8 Å². The van der Waals surface area contributed by atoms with Gasteiger partial charge in [0.2, 0.25) is 10.0 Å². The Morgan fingerprint density at radius 2 is 2.21 bits per heavy atom. The summed E-state index contributed by atoms with van der Waals surface area (Å²) in [4.78, 5) is 0.0998. The number of ether oxygens (including phenoxy) is 1.